The molecule has 0 spiro atoms. The summed E-state index contributed by atoms with van der Waals surface area (Å²) in [4.78, 5) is 23.9. The lowest BCUT2D eigenvalue weighted by Crippen LogP contribution is -2.45. The van der Waals surface area contributed by atoms with Gasteiger partial charge in [-0.2, -0.15) is 4.98 Å². The summed E-state index contributed by atoms with van der Waals surface area (Å²) in [6.07, 6.45) is 7.13. The molecule has 0 aromatic carbocycles. The van der Waals surface area contributed by atoms with Crippen molar-refractivity contribution in [2.45, 2.75) is 57.9 Å². The third-order valence-electron chi connectivity index (χ3n) is 5.45. The summed E-state index contributed by atoms with van der Waals surface area (Å²) in [6, 6.07) is 4.03. The van der Waals surface area contributed by atoms with Gasteiger partial charge in [0.25, 0.3) is 0 Å². The number of hydrogen-bond acceptors (Lipinski definition) is 6. The number of carbonyl (C=O) groups is 1. The van der Waals surface area contributed by atoms with E-state index in [0.717, 1.165) is 49.5 Å². The predicted molar refractivity (Wildman–Crippen MR) is 102 cm³/mol. The zero-order chi connectivity index (χ0) is 18.8. The number of piperidine rings is 1. The second kappa shape index (κ2) is 7.66. The lowest BCUT2D eigenvalue weighted by Gasteiger charge is -2.34. The smallest absolute Gasteiger partial charge is 0.230 e. The predicted octanol–water partition coefficient (Wildman–Crippen LogP) is 3.14. The monoisotopic (exact) mass is 369 g/mol. The molecule has 3 heterocycles. The molecule has 4 rings (SSSR count). The fourth-order valence-corrected chi connectivity index (χ4v) is 3.78. The van der Waals surface area contributed by atoms with E-state index in [1.807, 2.05) is 26.0 Å². The highest BCUT2D eigenvalue weighted by molar-refractivity contribution is 5.80. The molecule has 7 heteroatoms. The van der Waals surface area contributed by atoms with Gasteiger partial charge in [-0.1, -0.05) is 11.6 Å². The number of nitrogens with zero attached hydrogens (tertiary/aromatic N) is 4. The number of nitrogens with one attached hydrogen (secondary N) is 1. The molecule has 1 aliphatic heterocycles. The molecule has 2 aliphatic rings. The molecule has 2 aromatic rings. The minimum atomic E-state index is -0.0215. The number of rotatable bonds is 5. The number of anilines is 1. The van der Waals surface area contributed by atoms with Crippen LogP contribution in [0, 0.1) is 5.92 Å². The van der Waals surface area contributed by atoms with Gasteiger partial charge >= 0.3 is 0 Å². The van der Waals surface area contributed by atoms with Crippen LogP contribution in [0.4, 0.5) is 5.82 Å². The van der Waals surface area contributed by atoms with Crippen molar-refractivity contribution in [3.63, 3.8) is 0 Å². The SMILES string of the molecule is CC(C)NC(=O)[C@H]1CCCN(c2ncccc2-c2noc(C3CCC3)n2)C1. The zero-order valence-corrected chi connectivity index (χ0v) is 16.0. The van der Waals surface area contributed by atoms with Crippen LogP contribution in [0.25, 0.3) is 11.4 Å². The van der Waals surface area contributed by atoms with Gasteiger partial charge in [0.05, 0.1) is 11.5 Å². The summed E-state index contributed by atoms with van der Waals surface area (Å²) in [5.41, 5.74) is 0.872. The maximum absolute atomic E-state index is 12.5. The van der Waals surface area contributed by atoms with E-state index in [9.17, 15) is 4.79 Å². The molecule has 1 aliphatic carbocycles. The molecular weight excluding hydrogens is 342 g/mol. The third-order valence-corrected chi connectivity index (χ3v) is 5.45. The van der Waals surface area contributed by atoms with Crippen molar-refractivity contribution in [2.75, 3.05) is 18.0 Å². The first-order chi connectivity index (χ1) is 13.1. The number of pyridine rings is 1. The van der Waals surface area contributed by atoms with Gasteiger partial charge in [-0.15, -0.1) is 0 Å². The lowest BCUT2D eigenvalue weighted by atomic mass is 9.85. The lowest BCUT2D eigenvalue weighted by molar-refractivity contribution is -0.125. The van der Waals surface area contributed by atoms with E-state index in [4.69, 9.17) is 4.52 Å². The van der Waals surface area contributed by atoms with E-state index in [-0.39, 0.29) is 17.9 Å². The summed E-state index contributed by atoms with van der Waals surface area (Å²) in [5, 5.41) is 7.24. The maximum atomic E-state index is 12.5. The Bertz CT molecular complexity index is 799. The summed E-state index contributed by atoms with van der Waals surface area (Å²) in [7, 11) is 0. The van der Waals surface area contributed by atoms with Gasteiger partial charge in [0.2, 0.25) is 17.6 Å². The molecule has 7 nitrogen and oxygen atoms in total. The van der Waals surface area contributed by atoms with E-state index < -0.39 is 0 Å². The van der Waals surface area contributed by atoms with E-state index in [1.54, 1.807) is 6.20 Å². The Labute approximate surface area is 159 Å². The average molecular weight is 369 g/mol. The number of hydrogen-bond donors (Lipinski definition) is 1. The van der Waals surface area contributed by atoms with Gasteiger partial charge in [0, 0.05) is 31.2 Å². The van der Waals surface area contributed by atoms with Crippen LogP contribution in [0.1, 0.15) is 57.8 Å². The first kappa shape index (κ1) is 17.9. The Morgan fingerprint density at radius 3 is 2.89 bits per heavy atom. The van der Waals surface area contributed by atoms with Crippen LogP contribution in [0.15, 0.2) is 22.9 Å². The summed E-state index contributed by atoms with van der Waals surface area (Å²) < 4.78 is 5.50. The van der Waals surface area contributed by atoms with Gasteiger partial charge < -0.3 is 14.7 Å². The fourth-order valence-electron chi connectivity index (χ4n) is 3.78. The van der Waals surface area contributed by atoms with Crippen molar-refractivity contribution in [2.24, 2.45) is 5.92 Å². The Morgan fingerprint density at radius 2 is 2.15 bits per heavy atom. The number of amides is 1. The van der Waals surface area contributed by atoms with Crippen molar-refractivity contribution in [1.82, 2.24) is 20.4 Å². The van der Waals surface area contributed by atoms with Crippen molar-refractivity contribution in [3.8, 4) is 11.4 Å². The molecule has 2 fully saturated rings. The molecule has 0 radical (unpaired) electrons. The van der Waals surface area contributed by atoms with Gasteiger partial charge in [0.15, 0.2) is 0 Å². The van der Waals surface area contributed by atoms with Gasteiger partial charge in [-0.05, 0) is 51.7 Å². The fraction of sp³-hybridized carbons (Fsp3) is 0.600. The molecular formula is C20H27N5O2. The number of carbonyl (C=O) groups excluding carboxylic acids is 1. The summed E-state index contributed by atoms with van der Waals surface area (Å²) in [6.45, 7) is 5.52. The van der Waals surface area contributed by atoms with Crippen molar-refractivity contribution in [3.05, 3.63) is 24.2 Å². The number of aromatic nitrogens is 3. The van der Waals surface area contributed by atoms with Crippen LogP contribution in [0.2, 0.25) is 0 Å². The van der Waals surface area contributed by atoms with Gasteiger partial charge in [-0.3, -0.25) is 4.79 Å². The van der Waals surface area contributed by atoms with Crippen LogP contribution < -0.4 is 10.2 Å². The van der Waals surface area contributed by atoms with Crippen LogP contribution in [-0.2, 0) is 4.79 Å². The zero-order valence-electron chi connectivity index (χ0n) is 16.0. The average Bonchev–Trinajstić information content (AvgIpc) is 3.09. The van der Waals surface area contributed by atoms with Gasteiger partial charge in [0.1, 0.15) is 5.82 Å². The van der Waals surface area contributed by atoms with Crippen LogP contribution in [0.3, 0.4) is 0 Å². The second-order valence-electron chi connectivity index (χ2n) is 7.91. The molecule has 1 atom stereocenters. The maximum Gasteiger partial charge on any atom is 0.230 e. The molecule has 2 aromatic heterocycles. The van der Waals surface area contributed by atoms with E-state index in [0.29, 0.717) is 18.3 Å². The van der Waals surface area contributed by atoms with Crippen LogP contribution in [-0.4, -0.2) is 40.2 Å². The normalized spacial score (nSPS) is 20.6. The molecule has 1 N–H and O–H groups in total. The van der Waals surface area contributed by atoms with Crippen molar-refractivity contribution >= 4 is 11.7 Å². The molecule has 1 saturated heterocycles. The van der Waals surface area contributed by atoms with Crippen molar-refractivity contribution < 1.29 is 9.32 Å². The molecule has 0 unspecified atom stereocenters. The quantitative estimate of drug-likeness (QED) is 0.872. The second-order valence-corrected chi connectivity index (χ2v) is 7.91. The topological polar surface area (TPSA) is 84.2 Å². The molecule has 27 heavy (non-hydrogen) atoms. The summed E-state index contributed by atoms with van der Waals surface area (Å²) >= 11 is 0. The highest BCUT2D eigenvalue weighted by atomic mass is 16.5. The highest BCUT2D eigenvalue weighted by Crippen LogP contribution is 2.37. The van der Waals surface area contributed by atoms with E-state index in [1.165, 1.54) is 6.42 Å². The van der Waals surface area contributed by atoms with Crippen molar-refractivity contribution in [1.29, 1.82) is 0 Å². The van der Waals surface area contributed by atoms with Gasteiger partial charge in [-0.25, -0.2) is 4.98 Å². The molecule has 144 valence electrons. The summed E-state index contributed by atoms with van der Waals surface area (Å²) in [5.74, 6) is 2.67. The Morgan fingerprint density at radius 1 is 1.30 bits per heavy atom. The minimum absolute atomic E-state index is 0.0215. The standard InChI is InChI=1S/C20H27N5O2/c1-13(2)22-19(26)15-8-5-11-25(12-15)18-16(9-4-10-21-18)17-23-20(27-24-17)14-6-3-7-14/h4,9-10,13-15H,3,5-8,11-12H2,1-2H3,(H,22,26)/t15-/m0/s1. The minimum Gasteiger partial charge on any atom is -0.355 e. The molecule has 1 amide bonds. The first-order valence-corrected chi connectivity index (χ1v) is 9.96. The third kappa shape index (κ3) is 3.82. The van der Waals surface area contributed by atoms with Crippen LogP contribution >= 0.6 is 0 Å². The highest BCUT2D eigenvalue weighted by Gasteiger charge is 2.30. The van der Waals surface area contributed by atoms with E-state index >= 15 is 0 Å². The molecule has 1 saturated carbocycles. The van der Waals surface area contributed by atoms with E-state index in [2.05, 4.69) is 25.3 Å². The Kier molecular flexibility index (Phi) is 5.09. The largest absolute Gasteiger partial charge is 0.355 e. The first-order valence-electron chi connectivity index (χ1n) is 9.96. The molecule has 0 bridgehead atoms. The Balaban J connectivity index is 1.55. The Hall–Kier alpha value is -2.44. The van der Waals surface area contributed by atoms with Crippen LogP contribution in [0.5, 0.6) is 0 Å².